The minimum atomic E-state index is 0.406. The minimum absolute atomic E-state index is 0.406. The maximum absolute atomic E-state index is 6.16. The average Bonchev–Trinajstić information content (AvgIpc) is 2.19. The number of hydrogen-bond donors (Lipinski definition) is 1. The van der Waals surface area contributed by atoms with Gasteiger partial charge in [-0.1, -0.05) is 26.7 Å². The van der Waals surface area contributed by atoms with Gasteiger partial charge in [-0.3, -0.25) is 0 Å². The topological polar surface area (TPSA) is 35.2 Å². The molecule has 0 aromatic rings. The highest BCUT2D eigenvalue weighted by atomic mass is 16.5. The molecule has 1 fully saturated rings. The van der Waals surface area contributed by atoms with Gasteiger partial charge in [0, 0.05) is 12.6 Å². The second-order valence-electron chi connectivity index (χ2n) is 4.52. The summed E-state index contributed by atoms with van der Waals surface area (Å²) in [6.07, 6.45) is 7.65. The molecule has 1 saturated heterocycles. The molecule has 1 rings (SSSR count). The molecule has 2 N–H and O–H groups in total. The molecule has 1 aliphatic rings. The van der Waals surface area contributed by atoms with Crippen LogP contribution in [-0.4, -0.2) is 18.8 Å². The van der Waals surface area contributed by atoms with Crippen molar-refractivity contribution in [2.75, 3.05) is 6.61 Å². The van der Waals surface area contributed by atoms with Crippen molar-refractivity contribution in [1.82, 2.24) is 0 Å². The van der Waals surface area contributed by atoms with Gasteiger partial charge in [-0.15, -0.1) is 0 Å². The lowest BCUT2D eigenvalue weighted by atomic mass is 9.86. The molecule has 0 bridgehead atoms. The van der Waals surface area contributed by atoms with E-state index in [0.29, 0.717) is 18.1 Å². The average molecular weight is 199 g/mol. The van der Waals surface area contributed by atoms with Gasteiger partial charge in [0.2, 0.25) is 0 Å². The predicted octanol–water partition coefficient (Wildman–Crippen LogP) is 2.71. The Morgan fingerprint density at radius 3 is 2.79 bits per heavy atom. The van der Waals surface area contributed by atoms with Crippen LogP contribution in [0.4, 0.5) is 0 Å². The number of ether oxygens (including phenoxy) is 1. The van der Waals surface area contributed by atoms with Crippen molar-refractivity contribution in [3.05, 3.63) is 0 Å². The van der Waals surface area contributed by atoms with E-state index in [2.05, 4.69) is 13.8 Å². The normalized spacial score (nSPS) is 30.2. The van der Waals surface area contributed by atoms with Gasteiger partial charge in [0.1, 0.15) is 0 Å². The Morgan fingerprint density at radius 1 is 1.36 bits per heavy atom. The summed E-state index contributed by atoms with van der Waals surface area (Å²) in [5.41, 5.74) is 6.16. The Bertz CT molecular complexity index is 143. The van der Waals surface area contributed by atoms with Gasteiger partial charge in [0.05, 0.1) is 6.10 Å². The fraction of sp³-hybridized carbons (Fsp3) is 1.00. The van der Waals surface area contributed by atoms with Crippen molar-refractivity contribution in [1.29, 1.82) is 0 Å². The summed E-state index contributed by atoms with van der Waals surface area (Å²) in [7, 11) is 0. The monoisotopic (exact) mass is 199 g/mol. The van der Waals surface area contributed by atoms with Gasteiger partial charge in [0.15, 0.2) is 0 Å². The van der Waals surface area contributed by atoms with Gasteiger partial charge in [-0.05, 0) is 31.6 Å². The molecule has 0 aliphatic carbocycles. The van der Waals surface area contributed by atoms with Crippen LogP contribution in [0.15, 0.2) is 0 Å². The zero-order valence-corrected chi connectivity index (χ0v) is 9.67. The first kappa shape index (κ1) is 12.0. The summed E-state index contributed by atoms with van der Waals surface area (Å²) in [4.78, 5) is 0. The van der Waals surface area contributed by atoms with E-state index in [1.807, 2.05) is 0 Å². The second-order valence-corrected chi connectivity index (χ2v) is 4.52. The first-order valence-corrected chi connectivity index (χ1v) is 6.15. The maximum atomic E-state index is 6.16. The van der Waals surface area contributed by atoms with Crippen LogP contribution in [0, 0.1) is 5.92 Å². The molecule has 2 heteroatoms. The first-order chi connectivity index (χ1) is 6.77. The smallest absolute Gasteiger partial charge is 0.0578 e. The third-order valence-electron chi connectivity index (χ3n) is 3.25. The lowest BCUT2D eigenvalue weighted by Crippen LogP contribution is -2.37. The lowest BCUT2D eigenvalue weighted by Gasteiger charge is -2.33. The minimum Gasteiger partial charge on any atom is -0.378 e. The van der Waals surface area contributed by atoms with E-state index in [1.165, 1.54) is 38.5 Å². The molecular weight excluding hydrogens is 174 g/mol. The van der Waals surface area contributed by atoms with Crippen LogP contribution < -0.4 is 5.73 Å². The maximum Gasteiger partial charge on any atom is 0.0578 e. The van der Waals surface area contributed by atoms with Crippen LogP contribution >= 0.6 is 0 Å². The standard InChI is InChI=1S/C12H25NO/c1-3-5-11-9-10(7-8-14-11)12(13)6-4-2/h10-12H,3-9,13H2,1-2H3. The number of hydrogen-bond acceptors (Lipinski definition) is 2. The Balaban J connectivity index is 2.31. The summed E-state index contributed by atoms with van der Waals surface area (Å²) in [6.45, 7) is 5.36. The van der Waals surface area contributed by atoms with Crippen LogP contribution in [0.5, 0.6) is 0 Å². The van der Waals surface area contributed by atoms with Crippen LogP contribution in [0.25, 0.3) is 0 Å². The van der Waals surface area contributed by atoms with Crippen LogP contribution in [0.3, 0.4) is 0 Å². The van der Waals surface area contributed by atoms with E-state index < -0.39 is 0 Å². The van der Waals surface area contributed by atoms with Gasteiger partial charge in [0.25, 0.3) is 0 Å². The van der Waals surface area contributed by atoms with Gasteiger partial charge < -0.3 is 10.5 Å². The van der Waals surface area contributed by atoms with Crippen LogP contribution in [-0.2, 0) is 4.74 Å². The van der Waals surface area contributed by atoms with Crippen molar-refractivity contribution in [3.8, 4) is 0 Å². The molecule has 1 aliphatic heterocycles. The summed E-state index contributed by atoms with van der Waals surface area (Å²) < 4.78 is 5.72. The highest BCUT2D eigenvalue weighted by Gasteiger charge is 2.25. The Hall–Kier alpha value is -0.0800. The molecule has 2 nitrogen and oxygen atoms in total. The zero-order valence-electron chi connectivity index (χ0n) is 9.67. The molecule has 0 spiro atoms. The lowest BCUT2D eigenvalue weighted by molar-refractivity contribution is -0.0192. The molecule has 0 amide bonds. The van der Waals surface area contributed by atoms with Gasteiger partial charge in [-0.2, -0.15) is 0 Å². The van der Waals surface area contributed by atoms with E-state index >= 15 is 0 Å². The fourth-order valence-corrected chi connectivity index (χ4v) is 2.39. The van der Waals surface area contributed by atoms with Crippen molar-refractivity contribution < 1.29 is 4.74 Å². The van der Waals surface area contributed by atoms with Gasteiger partial charge >= 0.3 is 0 Å². The van der Waals surface area contributed by atoms with E-state index in [-0.39, 0.29) is 0 Å². The summed E-state index contributed by atoms with van der Waals surface area (Å²) in [5.74, 6) is 0.709. The molecule has 3 atom stereocenters. The van der Waals surface area contributed by atoms with E-state index in [0.717, 1.165) is 6.61 Å². The van der Waals surface area contributed by atoms with E-state index in [9.17, 15) is 0 Å². The largest absolute Gasteiger partial charge is 0.378 e. The SMILES string of the molecule is CCCC1CC(C(N)CCC)CCO1. The van der Waals surface area contributed by atoms with Gasteiger partial charge in [-0.25, -0.2) is 0 Å². The molecule has 0 radical (unpaired) electrons. The highest BCUT2D eigenvalue weighted by Crippen LogP contribution is 2.26. The summed E-state index contributed by atoms with van der Waals surface area (Å²) >= 11 is 0. The molecule has 3 unspecified atom stereocenters. The van der Waals surface area contributed by atoms with E-state index in [4.69, 9.17) is 10.5 Å². The predicted molar refractivity (Wildman–Crippen MR) is 60.3 cm³/mol. The second kappa shape index (κ2) is 6.41. The molecule has 0 aromatic carbocycles. The molecule has 0 saturated carbocycles. The fourth-order valence-electron chi connectivity index (χ4n) is 2.39. The first-order valence-electron chi connectivity index (χ1n) is 6.15. The van der Waals surface area contributed by atoms with E-state index in [1.54, 1.807) is 0 Å². The summed E-state index contributed by atoms with van der Waals surface area (Å²) in [5, 5.41) is 0. The molecular formula is C12H25NO. The molecule has 1 heterocycles. The van der Waals surface area contributed by atoms with Crippen molar-refractivity contribution in [2.24, 2.45) is 11.7 Å². The third kappa shape index (κ3) is 3.58. The van der Waals surface area contributed by atoms with Crippen LogP contribution in [0.1, 0.15) is 52.4 Å². The number of nitrogens with two attached hydrogens (primary N) is 1. The van der Waals surface area contributed by atoms with Crippen molar-refractivity contribution in [2.45, 2.75) is 64.5 Å². The molecule has 14 heavy (non-hydrogen) atoms. The number of rotatable bonds is 5. The molecule has 84 valence electrons. The zero-order chi connectivity index (χ0) is 10.4. The van der Waals surface area contributed by atoms with Crippen molar-refractivity contribution in [3.63, 3.8) is 0 Å². The highest BCUT2D eigenvalue weighted by molar-refractivity contribution is 4.79. The molecule has 0 aromatic heterocycles. The summed E-state index contributed by atoms with van der Waals surface area (Å²) in [6, 6.07) is 0.406. The Kier molecular flexibility index (Phi) is 5.49. The van der Waals surface area contributed by atoms with Crippen LogP contribution in [0.2, 0.25) is 0 Å². The Labute approximate surface area is 88.2 Å². The Morgan fingerprint density at radius 2 is 2.14 bits per heavy atom. The third-order valence-corrected chi connectivity index (χ3v) is 3.25. The quantitative estimate of drug-likeness (QED) is 0.739. The van der Waals surface area contributed by atoms with Crippen molar-refractivity contribution >= 4 is 0 Å².